The third kappa shape index (κ3) is 2.32. The molecule has 2 aliphatic rings. The number of nitrogens with one attached hydrogen (secondary N) is 1. The van der Waals surface area contributed by atoms with Gasteiger partial charge < -0.3 is 10.4 Å². The van der Waals surface area contributed by atoms with Gasteiger partial charge in [-0.25, -0.2) is 0 Å². The number of hydrogen-bond acceptors (Lipinski definition) is 3. The minimum atomic E-state index is -0.723. The molecule has 1 saturated carbocycles. The maximum Gasteiger partial charge on any atom is 0.322 e. The first-order valence-electron chi connectivity index (χ1n) is 5.91. The zero-order valence-electron chi connectivity index (χ0n) is 9.28. The van der Waals surface area contributed by atoms with Gasteiger partial charge in [-0.2, -0.15) is 0 Å². The number of fused-ring (bicyclic) bond motifs is 2. The quantitative estimate of drug-likeness (QED) is 0.698. The monoisotopic (exact) mass is 212 g/mol. The number of nitrogens with zero attached hydrogens (tertiary/aromatic N) is 1. The Morgan fingerprint density at radius 1 is 1.60 bits per heavy atom. The molecule has 2 rings (SSSR count). The third-order valence-electron chi connectivity index (χ3n) is 3.69. The Kier molecular flexibility index (Phi) is 3.26. The van der Waals surface area contributed by atoms with Crippen molar-refractivity contribution in [2.75, 3.05) is 19.6 Å². The standard InChI is InChI=1S/C11H20N2O2/c1-2-12-10(11(14)15)7-13-6-8-3-4-9(13)5-8/h8-10,12H,2-7H2,1H3,(H,14,15). The summed E-state index contributed by atoms with van der Waals surface area (Å²) in [6.07, 6.45) is 3.90. The van der Waals surface area contributed by atoms with E-state index >= 15 is 0 Å². The fourth-order valence-electron chi connectivity index (χ4n) is 2.96. The molecular formula is C11H20N2O2. The minimum absolute atomic E-state index is 0.394. The molecule has 1 saturated heterocycles. The molecule has 4 heteroatoms. The van der Waals surface area contributed by atoms with E-state index in [1.807, 2.05) is 6.92 Å². The summed E-state index contributed by atoms with van der Waals surface area (Å²) in [6.45, 7) is 4.45. The lowest BCUT2D eigenvalue weighted by Gasteiger charge is -2.29. The molecule has 2 bridgehead atoms. The van der Waals surface area contributed by atoms with Gasteiger partial charge in [0, 0.05) is 19.1 Å². The lowest BCUT2D eigenvalue weighted by Crippen LogP contribution is -2.48. The number of aliphatic carboxylic acids is 1. The van der Waals surface area contributed by atoms with Crippen LogP contribution in [-0.2, 0) is 4.79 Å². The molecule has 4 nitrogen and oxygen atoms in total. The van der Waals surface area contributed by atoms with Crippen LogP contribution in [0.25, 0.3) is 0 Å². The molecular weight excluding hydrogens is 192 g/mol. The zero-order chi connectivity index (χ0) is 10.8. The summed E-state index contributed by atoms with van der Waals surface area (Å²) in [5, 5.41) is 12.1. The highest BCUT2D eigenvalue weighted by atomic mass is 16.4. The average Bonchev–Trinajstić information content (AvgIpc) is 2.78. The molecule has 0 aromatic rings. The Hall–Kier alpha value is -0.610. The van der Waals surface area contributed by atoms with Crippen molar-refractivity contribution in [1.29, 1.82) is 0 Å². The summed E-state index contributed by atoms with van der Waals surface area (Å²) >= 11 is 0. The second kappa shape index (κ2) is 4.49. The molecule has 15 heavy (non-hydrogen) atoms. The highest BCUT2D eigenvalue weighted by Gasteiger charge is 2.39. The number of carboxylic acids is 1. The lowest BCUT2D eigenvalue weighted by molar-refractivity contribution is -0.140. The number of carbonyl (C=O) groups is 1. The predicted octanol–water partition coefficient (Wildman–Crippen LogP) is 0.533. The van der Waals surface area contributed by atoms with E-state index in [1.165, 1.54) is 19.3 Å². The van der Waals surface area contributed by atoms with Crippen LogP contribution in [0.5, 0.6) is 0 Å². The van der Waals surface area contributed by atoms with E-state index < -0.39 is 12.0 Å². The van der Waals surface area contributed by atoms with Gasteiger partial charge in [-0.15, -0.1) is 0 Å². The fourth-order valence-corrected chi connectivity index (χ4v) is 2.96. The van der Waals surface area contributed by atoms with Crippen LogP contribution in [0.4, 0.5) is 0 Å². The van der Waals surface area contributed by atoms with E-state index in [0.717, 1.165) is 19.0 Å². The van der Waals surface area contributed by atoms with Gasteiger partial charge in [0.1, 0.15) is 6.04 Å². The molecule has 86 valence electrons. The summed E-state index contributed by atoms with van der Waals surface area (Å²) in [5.41, 5.74) is 0. The van der Waals surface area contributed by atoms with E-state index in [4.69, 9.17) is 5.11 Å². The van der Waals surface area contributed by atoms with Gasteiger partial charge in [-0.3, -0.25) is 9.69 Å². The van der Waals surface area contributed by atoms with Gasteiger partial charge in [0.2, 0.25) is 0 Å². The molecule has 0 amide bonds. The molecule has 1 heterocycles. The average molecular weight is 212 g/mol. The van der Waals surface area contributed by atoms with Crippen molar-refractivity contribution in [2.45, 2.75) is 38.3 Å². The highest BCUT2D eigenvalue weighted by molar-refractivity contribution is 5.73. The number of piperidine rings is 1. The van der Waals surface area contributed by atoms with Crippen molar-refractivity contribution in [3.8, 4) is 0 Å². The van der Waals surface area contributed by atoms with E-state index in [0.29, 0.717) is 12.6 Å². The lowest BCUT2D eigenvalue weighted by atomic mass is 10.1. The van der Waals surface area contributed by atoms with Gasteiger partial charge in [-0.1, -0.05) is 6.92 Å². The second-order valence-corrected chi connectivity index (χ2v) is 4.74. The Balaban J connectivity index is 1.86. The maximum atomic E-state index is 11.0. The Bertz CT molecular complexity index is 245. The van der Waals surface area contributed by atoms with Gasteiger partial charge >= 0.3 is 5.97 Å². The van der Waals surface area contributed by atoms with Gasteiger partial charge in [-0.05, 0) is 31.7 Å². The molecule has 0 aromatic carbocycles. The zero-order valence-corrected chi connectivity index (χ0v) is 9.28. The normalized spacial score (nSPS) is 32.1. The van der Waals surface area contributed by atoms with Crippen molar-refractivity contribution < 1.29 is 9.90 Å². The molecule has 2 fully saturated rings. The second-order valence-electron chi connectivity index (χ2n) is 4.74. The van der Waals surface area contributed by atoms with E-state index in [1.54, 1.807) is 0 Å². The molecule has 3 unspecified atom stereocenters. The first-order chi connectivity index (χ1) is 7.20. The van der Waals surface area contributed by atoms with Crippen molar-refractivity contribution >= 4 is 5.97 Å². The molecule has 0 spiro atoms. The van der Waals surface area contributed by atoms with Gasteiger partial charge in [0.25, 0.3) is 0 Å². The summed E-state index contributed by atoms with van der Waals surface area (Å²) < 4.78 is 0. The predicted molar refractivity (Wildman–Crippen MR) is 57.8 cm³/mol. The van der Waals surface area contributed by atoms with E-state index in [9.17, 15) is 4.79 Å². The van der Waals surface area contributed by atoms with Crippen LogP contribution >= 0.6 is 0 Å². The van der Waals surface area contributed by atoms with Crippen molar-refractivity contribution in [2.24, 2.45) is 5.92 Å². The van der Waals surface area contributed by atoms with Crippen molar-refractivity contribution in [3.05, 3.63) is 0 Å². The number of likely N-dealkylation sites (tertiary alicyclic amines) is 1. The summed E-state index contributed by atoms with van der Waals surface area (Å²) in [6, 6.07) is 0.268. The fraction of sp³-hybridized carbons (Fsp3) is 0.909. The van der Waals surface area contributed by atoms with Crippen molar-refractivity contribution in [3.63, 3.8) is 0 Å². The van der Waals surface area contributed by atoms with Gasteiger partial charge in [0.05, 0.1) is 0 Å². The summed E-state index contributed by atoms with van der Waals surface area (Å²) in [4.78, 5) is 13.4. The van der Waals surface area contributed by atoms with Crippen LogP contribution in [0.2, 0.25) is 0 Å². The largest absolute Gasteiger partial charge is 0.480 e. The maximum absolute atomic E-state index is 11.0. The summed E-state index contributed by atoms with van der Waals surface area (Å²) in [7, 11) is 0. The number of hydrogen-bond donors (Lipinski definition) is 2. The summed E-state index contributed by atoms with van der Waals surface area (Å²) in [5.74, 6) is 0.116. The molecule has 3 atom stereocenters. The van der Waals surface area contributed by atoms with E-state index in [-0.39, 0.29) is 0 Å². The van der Waals surface area contributed by atoms with Crippen LogP contribution in [-0.4, -0.2) is 47.7 Å². The molecule has 2 N–H and O–H groups in total. The first-order valence-corrected chi connectivity index (χ1v) is 5.91. The van der Waals surface area contributed by atoms with Crippen LogP contribution in [0.15, 0.2) is 0 Å². The van der Waals surface area contributed by atoms with Crippen LogP contribution in [0, 0.1) is 5.92 Å². The number of rotatable bonds is 5. The molecule has 0 aromatic heterocycles. The number of carboxylic acid groups (broad SMARTS) is 1. The third-order valence-corrected chi connectivity index (χ3v) is 3.69. The molecule has 1 aliphatic carbocycles. The van der Waals surface area contributed by atoms with E-state index in [2.05, 4.69) is 10.2 Å². The number of likely N-dealkylation sites (N-methyl/N-ethyl adjacent to an activating group) is 1. The Morgan fingerprint density at radius 3 is 2.87 bits per heavy atom. The van der Waals surface area contributed by atoms with Crippen LogP contribution < -0.4 is 5.32 Å². The first kappa shape index (κ1) is 10.9. The SMILES string of the molecule is CCNC(CN1CC2CCC1C2)C(=O)O. The minimum Gasteiger partial charge on any atom is -0.480 e. The topological polar surface area (TPSA) is 52.6 Å². The molecule has 1 aliphatic heterocycles. The molecule has 0 radical (unpaired) electrons. The highest BCUT2D eigenvalue weighted by Crippen LogP contribution is 2.37. The van der Waals surface area contributed by atoms with Gasteiger partial charge in [0.15, 0.2) is 0 Å². The van der Waals surface area contributed by atoms with Crippen LogP contribution in [0.3, 0.4) is 0 Å². The smallest absolute Gasteiger partial charge is 0.322 e. The Morgan fingerprint density at radius 2 is 2.40 bits per heavy atom. The Labute approximate surface area is 90.6 Å². The van der Waals surface area contributed by atoms with Crippen LogP contribution in [0.1, 0.15) is 26.2 Å². The van der Waals surface area contributed by atoms with Crippen molar-refractivity contribution in [1.82, 2.24) is 10.2 Å².